The van der Waals surface area contributed by atoms with E-state index in [-0.39, 0.29) is 52.8 Å². The highest BCUT2D eigenvalue weighted by Gasteiger charge is 2.24. The van der Waals surface area contributed by atoms with Crippen LogP contribution in [-0.2, 0) is 0 Å². The van der Waals surface area contributed by atoms with Crippen LogP contribution in [-0.4, -0.2) is 78.9 Å². The molecule has 6 heterocycles. The van der Waals surface area contributed by atoms with E-state index in [1.807, 2.05) is 6.07 Å². The van der Waals surface area contributed by atoms with Gasteiger partial charge in [-0.1, -0.05) is 94.4 Å². The molecule has 0 saturated heterocycles. The van der Waals surface area contributed by atoms with Crippen LogP contribution in [0, 0.1) is 0 Å². The molecule has 0 spiro atoms. The fraction of sp³-hybridized carbons (Fsp3) is 0.133. The lowest BCUT2D eigenvalue weighted by Gasteiger charge is -2.26. The molecule has 338 valence electrons. The van der Waals surface area contributed by atoms with Gasteiger partial charge in [0.25, 0.3) is 5.24 Å². The highest BCUT2D eigenvalue weighted by atomic mass is 127. The molecule has 1 aliphatic carbocycles. The van der Waals surface area contributed by atoms with Crippen molar-refractivity contribution in [3.05, 3.63) is 170 Å². The van der Waals surface area contributed by atoms with Crippen molar-refractivity contribution in [1.29, 1.82) is 0 Å². The summed E-state index contributed by atoms with van der Waals surface area (Å²) in [7, 11) is 0. The smallest absolute Gasteiger partial charge is 0.253 e. The van der Waals surface area contributed by atoms with Gasteiger partial charge in [-0.25, -0.2) is 29.9 Å². The number of halogens is 7. The zero-order valence-electron chi connectivity index (χ0n) is 34.0. The van der Waals surface area contributed by atoms with Gasteiger partial charge in [0.05, 0.1) is 54.0 Å². The number of carbonyl (C=O) groups excluding carboxylic acids is 3. The number of benzene rings is 3. The highest BCUT2D eigenvalue weighted by Crippen LogP contribution is 2.31. The topological polar surface area (TPSA) is 208 Å². The largest absolute Gasteiger partial charge is 1.00 e. The van der Waals surface area contributed by atoms with Crippen LogP contribution in [0.5, 0.6) is 0 Å². The summed E-state index contributed by atoms with van der Waals surface area (Å²) in [5.41, 5.74) is 4.03. The van der Waals surface area contributed by atoms with Gasteiger partial charge >= 0.3 is 0 Å². The maximum absolute atomic E-state index is 13.0. The number of ketones is 2. The molecule has 3 aromatic carbocycles. The van der Waals surface area contributed by atoms with E-state index in [1.54, 1.807) is 91.4 Å². The van der Waals surface area contributed by atoms with Gasteiger partial charge < -0.3 is 49.4 Å². The number of aromatic nitrogens is 9. The van der Waals surface area contributed by atoms with Gasteiger partial charge in [0.1, 0.15) is 52.0 Å². The minimum absolute atomic E-state index is 0. The molecule has 10 rings (SSSR count). The molecule has 1 aliphatic rings. The molecule has 0 unspecified atom stereocenters. The summed E-state index contributed by atoms with van der Waals surface area (Å²) in [6.07, 6.45) is 12.3. The Kier molecular flexibility index (Phi) is 17.8. The molecular weight excluding hydrogens is 1080 g/mol. The normalized spacial score (nSPS) is 14.1. The Bertz CT molecular complexity index is 3140. The summed E-state index contributed by atoms with van der Waals surface area (Å²) < 4.78 is 0. The summed E-state index contributed by atoms with van der Waals surface area (Å²) in [6.45, 7) is 0. The van der Waals surface area contributed by atoms with E-state index in [1.165, 1.54) is 19.0 Å². The van der Waals surface area contributed by atoms with Crippen molar-refractivity contribution < 1.29 is 43.5 Å². The maximum Gasteiger partial charge on any atom is 0.253 e. The number of aromatic amines is 3. The first kappa shape index (κ1) is 50.2. The fourth-order valence-electron chi connectivity index (χ4n) is 6.81. The van der Waals surface area contributed by atoms with E-state index in [0.29, 0.717) is 75.9 Å². The van der Waals surface area contributed by atoms with E-state index in [9.17, 15) is 19.5 Å². The Morgan fingerprint density at radius 2 is 1.02 bits per heavy atom. The quantitative estimate of drug-likeness (QED) is 0.0443. The maximum atomic E-state index is 13.0. The van der Waals surface area contributed by atoms with Crippen molar-refractivity contribution >= 4 is 125 Å². The van der Waals surface area contributed by atoms with E-state index in [0.717, 1.165) is 36.7 Å². The van der Waals surface area contributed by atoms with Crippen LogP contribution in [0.3, 0.4) is 0 Å². The number of H-pyrrole nitrogens is 3. The number of anilines is 1. The van der Waals surface area contributed by atoms with Crippen LogP contribution in [0.25, 0.3) is 33.1 Å². The molecule has 14 nitrogen and oxygen atoms in total. The number of nitrogens with one attached hydrogen (secondary N) is 4. The number of hydrogen-bond donors (Lipinski definition) is 5. The third kappa shape index (κ3) is 12.0. The zero-order valence-corrected chi connectivity index (χ0v) is 40.6. The van der Waals surface area contributed by atoms with Gasteiger partial charge in [0, 0.05) is 35.8 Å². The van der Waals surface area contributed by atoms with E-state index < -0.39 is 5.24 Å². The van der Waals surface area contributed by atoms with Crippen molar-refractivity contribution in [2.24, 2.45) is 0 Å². The third-order valence-corrected chi connectivity index (χ3v) is 11.8. The van der Waals surface area contributed by atoms with Gasteiger partial charge in [-0.05, 0) is 79.7 Å². The minimum atomic E-state index is -0.523. The molecule has 1 fully saturated rings. The average Bonchev–Trinajstić information content (AvgIpc) is 4.09. The number of hydrogen-bond acceptors (Lipinski definition) is 11. The zero-order chi connectivity index (χ0) is 46.0. The minimum Gasteiger partial charge on any atom is -1.00 e. The van der Waals surface area contributed by atoms with Crippen LogP contribution >= 0.6 is 69.6 Å². The average molecular weight is 1120 g/mol. The third-order valence-electron chi connectivity index (χ3n) is 10.0. The number of fused-ring (bicyclic) bond motifs is 3. The van der Waals surface area contributed by atoms with Crippen LogP contribution in [0.1, 0.15) is 67.9 Å². The van der Waals surface area contributed by atoms with Gasteiger partial charge in [-0.3, -0.25) is 14.4 Å². The van der Waals surface area contributed by atoms with E-state index in [2.05, 4.69) is 50.2 Å². The van der Waals surface area contributed by atoms with Crippen molar-refractivity contribution in [1.82, 2.24) is 44.9 Å². The summed E-state index contributed by atoms with van der Waals surface area (Å²) >= 11 is 34.8. The molecule has 0 radical (unpaired) electrons. The molecular formula is C45H34Cl6IN10O4-. The Labute approximate surface area is 423 Å². The molecule has 0 atom stereocenters. The second kappa shape index (κ2) is 23.5. The highest BCUT2D eigenvalue weighted by molar-refractivity contribution is 6.68. The van der Waals surface area contributed by atoms with E-state index in [4.69, 9.17) is 69.6 Å². The van der Waals surface area contributed by atoms with Crippen LogP contribution < -0.4 is 29.3 Å². The van der Waals surface area contributed by atoms with Gasteiger partial charge in [0.2, 0.25) is 0 Å². The molecule has 0 amide bonds. The molecule has 0 aliphatic heterocycles. The first-order chi connectivity index (χ1) is 31.4. The molecule has 9 aromatic rings. The van der Waals surface area contributed by atoms with Crippen molar-refractivity contribution in [3.63, 3.8) is 0 Å². The number of rotatable bonds is 7. The summed E-state index contributed by atoms with van der Waals surface area (Å²) in [5, 5.41) is 16.6. The predicted molar refractivity (Wildman–Crippen MR) is 255 cm³/mol. The lowest BCUT2D eigenvalue weighted by atomic mass is 9.93. The van der Waals surface area contributed by atoms with Gasteiger partial charge in [-0.2, -0.15) is 0 Å². The lowest BCUT2D eigenvalue weighted by molar-refractivity contribution is -0.0000361. The summed E-state index contributed by atoms with van der Waals surface area (Å²) in [4.78, 5) is 69.2. The second-order valence-corrected chi connectivity index (χ2v) is 16.4. The van der Waals surface area contributed by atoms with Crippen LogP contribution in [0.15, 0.2) is 116 Å². The molecule has 5 N–H and O–H groups in total. The molecule has 21 heteroatoms. The standard InChI is InChI=1S/C19H19ClN4O2.C13H7Cl2N3O.C7H4Cl2O.C6H4ClN3.HI/c20-15-4-2-1-3-13(15)17(26)14-9-21-18-16(14)19(23-10-22-18)24-11-5-7-12(25)8-6-11;14-9-4-2-1-3-7(9)11(19)8-5-16-13-10(8)12(15)17-6-18-13;8-6-4-2-1-3-5(6)7(9)10;7-5-4-1-2-8-6(4)10-3-9-5;/h1-4,9-12,25H,5-8H2,(H2,21,22,23,24);1-6H,(H,16,17,18);1-4H;1-3H,(H,8,9,10);1H/p-1. The number of aliphatic hydroxyl groups is 1. The lowest BCUT2D eigenvalue weighted by Crippen LogP contribution is -3.00. The summed E-state index contributed by atoms with van der Waals surface area (Å²) in [5.74, 6) is 0.250. The first-order valence-electron chi connectivity index (χ1n) is 19.6. The monoisotopic (exact) mass is 1110 g/mol. The molecule has 0 bridgehead atoms. The van der Waals surface area contributed by atoms with Crippen molar-refractivity contribution in [2.45, 2.75) is 37.8 Å². The van der Waals surface area contributed by atoms with E-state index >= 15 is 0 Å². The predicted octanol–water partition coefficient (Wildman–Crippen LogP) is 8.39. The number of aliphatic hydroxyl groups excluding tert-OH is 1. The molecule has 6 aromatic heterocycles. The van der Waals surface area contributed by atoms with Crippen LogP contribution in [0.4, 0.5) is 5.82 Å². The fourth-order valence-corrected chi connectivity index (χ4v) is 8.12. The molecule has 1 saturated carbocycles. The number of carbonyl (C=O) groups is 3. The Balaban J connectivity index is 0.000000157. The van der Waals surface area contributed by atoms with Crippen molar-refractivity contribution in [2.75, 3.05) is 5.32 Å². The first-order valence-corrected chi connectivity index (χ1v) is 21.9. The van der Waals surface area contributed by atoms with Gasteiger partial charge in [-0.15, -0.1) is 0 Å². The Morgan fingerprint density at radius 3 is 1.53 bits per heavy atom. The Hall–Kier alpha value is -5.24. The second-order valence-electron chi connectivity index (χ2n) is 14.2. The van der Waals surface area contributed by atoms with Crippen LogP contribution in [0.2, 0.25) is 25.4 Å². The van der Waals surface area contributed by atoms with Crippen molar-refractivity contribution in [3.8, 4) is 0 Å². The Morgan fingerprint density at radius 1 is 0.545 bits per heavy atom. The summed E-state index contributed by atoms with van der Waals surface area (Å²) in [6, 6.07) is 22.6. The SMILES string of the molecule is Clc1ncnc2[nH]ccc12.O=C(Cl)c1ccccc1Cl.O=C(c1ccccc1Cl)c1c[nH]c2ncnc(Cl)c12.O=C(c1ccccc1Cl)c1c[nH]c2ncnc(NC3CCC(O)CC3)c12.[I-]. The number of nitrogens with zero attached hydrogens (tertiary/aromatic N) is 6. The molecule has 66 heavy (non-hydrogen) atoms. The van der Waals surface area contributed by atoms with Gasteiger partial charge in [0.15, 0.2) is 11.6 Å².